The van der Waals surface area contributed by atoms with E-state index in [1.165, 1.54) is 0 Å². The number of fused-ring (bicyclic) bond motifs is 5. The van der Waals surface area contributed by atoms with Crippen LogP contribution in [-0.2, 0) is 4.79 Å². The van der Waals surface area contributed by atoms with E-state index in [9.17, 15) is 28.2 Å². The van der Waals surface area contributed by atoms with Gasteiger partial charge in [-0.2, -0.15) is 13.2 Å². The van der Waals surface area contributed by atoms with Crippen LogP contribution in [-0.4, -0.2) is 28.0 Å². The monoisotopic (exact) mass is 374 g/mol. The molecule has 0 saturated heterocycles. The maximum absolute atomic E-state index is 13.3. The molecule has 2 N–H and O–H groups in total. The van der Waals surface area contributed by atoms with E-state index in [-0.39, 0.29) is 36.0 Å². The summed E-state index contributed by atoms with van der Waals surface area (Å²) >= 11 is 0. The van der Waals surface area contributed by atoms with Crippen molar-refractivity contribution in [3.8, 4) is 0 Å². The Morgan fingerprint density at radius 3 is 2.31 bits per heavy atom. The molecule has 0 unspecified atom stereocenters. The van der Waals surface area contributed by atoms with Gasteiger partial charge >= 0.3 is 12.1 Å². The first-order valence-electron chi connectivity index (χ1n) is 10.1. The van der Waals surface area contributed by atoms with E-state index < -0.39 is 17.7 Å². The van der Waals surface area contributed by atoms with Crippen molar-refractivity contribution in [1.82, 2.24) is 0 Å². The van der Waals surface area contributed by atoms with Gasteiger partial charge in [0.2, 0.25) is 0 Å². The molecule has 6 heteroatoms. The van der Waals surface area contributed by atoms with Crippen molar-refractivity contribution in [3.63, 3.8) is 0 Å². The molecule has 0 radical (unpaired) electrons. The Bertz CT molecular complexity index is 591. The van der Waals surface area contributed by atoms with E-state index in [4.69, 9.17) is 0 Å². The lowest BCUT2D eigenvalue weighted by Crippen LogP contribution is -2.55. The average molecular weight is 374 g/mol. The van der Waals surface area contributed by atoms with Gasteiger partial charge in [0.15, 0.2) is 5.60 Å². The summed E-state index contributed by atoms with van der Waals surface area (Å²) in [5, 5.41) is 19.7. The Morgan fingerprint density at radius 2 is 1.65 bits per heavy atom. The van der Waals surface area contributed by atoms with Gasteiger partial charge in [0.25, 0.3) is 0 Å². The van der Waals surface area contributed by atoms with Crippen LogP contribution in [0.4, 0.5) is 13.2 Å². The number of carboxylic acids is 1. The molecule has 0 aliphatic heterocycles. The number of hydrogen-bond donors (Lipinski definition) is 2. The van der Waals surface area contributed by atoms with Crippen molar-refractivity contribution in [2.75, 3.05) is 0 Å². The Kier molecular flexibility index (Phi) is 4.18. The van der Waals surface area contributed by atoms with E-state index in [1.807, 2.05) is 0 Å². The third kappa shape index (κ3) is 2.54. The summed E-state index contributed by atoms with van der Waals surface area (Å²) in [4.78, 5) is 11.7. The number of rotatable bonds is 1. The van der Waals surface area contributed by atoms with Gasteiger partial charge in [-0.25, -0.2) is 0 Å². The predicted octanol–water partition coefficient (Wildman–Crippen LogP) is 4.63. The molecule has 3 nitrogen and oxygen atoms in total. The number of aliphatic carboxylic acids is 1. The van der Waals surface area contributed by atoms with E-state index in [0.29, 0.717) is 24.2 Å². The summed E-state index contributed by atoms with van der Waals surface area (Å²) in [5.74, 6) is 0.533. The lowest BCUT2D eigenvalue weighted by atomic mass is 9.49. The van der Waals surface area contributed by atoms with Crippen LogP contribution >= 0.6 is 0 Å². The van der Waals surface area contributed by atoms with Crippen molar-refractivity contribution in [2.24, 2.45) is 40.9 Å². The first-order chi connectivity index (χ1) is 12.1. The van der Waals surface area contributed by atoms with Crippen LogP contribution in [0.5, 0.6) is 0 Å². The first-order valence-corrected chi connectivity index (χ1v) is 10.1. The van der Waals surface area contributed by atoms with Crippen LogP contribution in [0.3, 0.4) is 0 Å². The third-order valence-electron chi connectivity index (χ3n) is 8.84. The van der Waals surface area contributed by atoms with E-state index in [1.54, 1.807) is 0 Å². The maximum Gasteiger partial charge on any atom is 0.417 e. The van der Waals surface area contributed by atoms with Crippen molar-refractivity contribution in [2.45, 2.75) is 76.5 Å². The minimum atomic E-state index is -4.54. The summed E-state index contributed by atoms with van der Waals surface area (Å²) in [6, 6.07) is 0. The number of hydrogen-bond acceptors (Lipinski definition) is 2. The molecule has 0 bridgehead atoms. The van der Waals surface area contributed by atoms with E-state index >= 15 is 0 Å². The lowest BCUT2D eigenvalue weighted by Gasteiger charge is -2.56. The normalized spacial score (nSPS) is 51.3. The molecular weight excluding hydrogens is 345 g/mol. The van der Waals surface area contributed by atoms with Crippen LogP contribution in [0.15, 0.2) is 0 Å². The van der Waals surface area contributed by atoms with Crippen molar-refractivity contribution in [1.29, 1.82) is 0 Å². The predicted molar refractivity (Wildman–Crippen MR) is 89.2 cm³/mol. The Labute approximate surface area is 152 Å². The van der Waals surface area contributed by atoms with Crippen LogP contribution in [0.2, 0.25) is 0 Å². The highest BCUT2D eigenvalue weighted by Crippen LogP contribution is 2.65. The van der Waals surface area contributed by atoms with Crippen LogP contribution in [0.25, 0.3) is 0 Å². The molecule has 4 fully saturated rings. The fourth-order valence-corrected chi connectivity index (χ4v) is 7.54. The molecule has 26 heavy (non-hydrogen) atoms. The maximum atomic E-state index is 13.3. The highest BCUT2D eigenvalue weighted by Gasteiger charge is 2.62. The second-order valence-electron chi connectivity index (χ2n) is 9.72. The fraction of sp³-hybridized carbons (Fsp3) is 0.950. The molecule has 4 aliphatic carbocycles. The Morgan fingerprint density at radius 1 is 0.962 bits per heavy atom. The summed E-state index contributed by atoms with van der Waals surface area (Å²) in [5.41, 5.74) is -2.66. The summed E-state index contributed by atoms with van der Waals surface area (Å²) < 4.78 is 39.8. The molecule has 0 aromatic carbocycles. The molecule has 8 atom stereocenters. The van der Waals surface area contributed by atoms with Gasteiger partial charge in [-0.05, 0) is 92.8 Å². The number of alkyl halides is 3. The number of carboxylic acid groups (broad SMARTS) is 1. The molecule has 4 saturated carbocycles. The van der Waals surface area contributed by atoms with Crippen molar-refractivity contribution < 1.29 is 28.2 Å². The van der Waals surface area contributed by atoms with Gasteiger partial charge in [0.1, 0.15) is 0 Å². The average Bonchev–Trinajstić information content (AvgIpc) is 2.90. The molecular formula is C20H29F3O3. The van der Waals surface area contributed by atoms with Gasteiger partial charge < -0.3 is 10.2 Å². The molecule has 0 amide bonds. The van der Waals surface area contributed by atoms with Crippen molar-refractivity contribution in [3.05, 3.63) is 0 Å². The summed E-state index contributed by atoms with van der Waals surface area (Å²) in [6.07, 6.45) is 0.717. The molecule has 4 aliphatic rings. The Hall–Kier alpha value is -0.780. The van der Waals surface area contributed by atoms with Gasteiger partial charge in [-0.15, -0.1) is 0 Å². The van der Waals surface area contributed by atoms with Gasteiger partial charge in [-0.1, -0.05) is 6.92 Å². The minimum Gasteiger partial charge on any atom is -0.481 e. The fourth-order valence-electron chi connectivity index (χ4n) is 7.54. The van der Waals surface area contributed by atoms with E-state index in [2.05, 4.69) is 6.92 Å². The molecule has 0 aromatic heterocycles. The SMILES string of the molecule is C[C@]12CC[C@H]3[C@@H](CC[C@@H]4C[C@@](O)(C(F)(F)F)CC[C@@H]43)[C@@H]1CC[C@@H]2C(=O)O. The summed E-state index contributed by atoms with van der Waals surface area (Å²) in [7, 11) is 0. The second-order valence-corrected chi connectivity index (χ2v) is 9.72. The number of carbonyl (C=O) groups is 1. The number of aliphatic hydroxyl groups is 1. The quantitative estimate of drug-likeness (QED) is 0.703. The zero-order chi connectivity index (χ0) is 18.9. The molecule has 4 rings (SSSR count). The highest BCUT2D eigenvalue weighted by atomic mass is 19.4. The van der Waals surface area contributed by atoms with Crippen LogP contribution in [0.1, 0.15) is 64.7 Å². The molecule has 0 aromatic rings. The smallest absolute Gasteiger partial charge is 0.417 e. The zero-order valence-corrected chi connectivity index (χ0v) is 15.3. The number of halogens is 3. The lowest BCUT2D eigenvalue weighted by molar-refractivity contribution is -0.282. The van der Waals surface area contributed by atoms with E-state index in [0.717, 1.165) is 38.5 Å². The van der Waals surface area contributed by atoms with Crippen molar-refractivity contribution >= 4 is 5.97 Å². The highest BCUT2D eigenvalue weighted by molar-refractivity contribution is 5.71. The summed E-state index contributed by atoms with van der Waals surface area (Å²) in [6.45, 7) is 2.13. The molecule has 0 spiro atoms. The molecule has 148 valence electrons. The largest absolute Gasteiger partial charge is 0.481 e. The van der Waals surface area contributed by atoms with Gasteiger partial charge in [0, 0.05) is 0 Å². The second kappa shape index (κ2) is 5.86. The molecule has 0 heterocycles. The van der Waals surface area contributed by atoms with Crippen LogP contribution in [0, 0.1) is 40.9 Å². The minimum absolute atomic E-state index is 0.0438. The topological polar surface area (TPSA) is 57.5 Å². The van der Waals surface area contributed by atoms with Gasteiger partial charge in [0.05, 0.1) is 5.92 Å². The van der Waals surface area contributed by atoms with Crippen LogP contribution < -0.4 is 0 Å². The zero-order valence-electron chi connectivity index (χ0n) is 15.3. The third-order valence-corrected chi connectivity index (χ3v) is 8.84. The van der Waals surface area contributed by atoms with Gasteiger partial charge in [-0.3, -0.25) is 4.79 Å². The standard InChI is InChI=1S/C20H29F3O3/c1-18-8-6-13-12-7-9-19(26,20(21,22)23)10-11(12)2-3-14(13)15(18)4-5-16(18)17(24)25/h11-16,26H,2-10H2,1H3,(H,24,25)/t11-,12+,13-,14-,15+,16-,18+,19-/m1/s1. The Balaban J connectivity index is 1.53. The first kappa shape index (κ1) is 18.6.